The molecular weight excluding hydrogens is 230 g/mol. The summed E-state index contributed by atoms with van der Waals surface area (Å²) in [7, 11) is 0. The van der Waals surface area contributed by atoms with Crippen molar-refractivity contribution in [1.29, 1.82) is 0 Å². The Morgan fingerprint density at radius 3 is 2.72 bits per heavy atom. The molecule has 2 aliphatic rings. The van der Waals surface area contributed by atoms with Gasteiger partial charge in [0.2, 0.25) is 0 Å². The second kappa shape index (κ2) is 6.30. The molecule has 6 unspecified atom stereocenters. The van der Waals surface area contributed by atoms with Crippen LogP contribution in [0.2, 0.25) is 0 Å². The maximum Gasteiger partial charge on any atom is 0.138 e. The van der Waals surface area contributed by atoms with Gasteiger partial charge in [-0.25, -0.2) is 10.4 Å². The van der Waals surface area contributed by atoms with Gasteiger partial charge in [-0.05, 0) is 19.3 Å². The first-order valence-corrected chi connectivity index (χ1v) is 7.41. The van der Waals surface area contributed by atoms with E-state index in [1.165, 1.54) is 17.7 Å². The lowest BCUT2D eigenvalue weighted by molar-refractivity contribution is -1.07. The molecule has 0 amide bonds. The highest BCUT2D eigenvalue weighted by Crippen LogP contribution is 2.22. The zero-order valence-corrected chi connectivity index (χ0v) is 11.4. The van der Waals surface area contributed by atoms with Crippen LogP contribution in [0.3, 0.4) is 0 Å². The van der Waals surface area contributed by atoms with Gasteiger partial charge in [0.25, 0.3) is 0 Å². The summed E-state index contributed by atoms with van der Waals surface area (Å²) in [5.74, 6) is 1.06. The van der Waals surface area contributed by atoms with Crippen molar-refractivity contribution in [2.24, 2.45) is 17.6 Å². The van der Waals surface area contributed by atoms with Crippen molar-refractivity contribution < 1.29 is 15.3 Å². The predicted octanol–water partition coefficient (Wildman–Crippen LogP) is -1.08. The van der Waals surface area contributed by atoms with Gasteiger partial charge in [0.1, 0.15) is 12.2 Å². The van der Waals surface area contributed by atoms with E-state index in [1.54, 1.807) is 0 Å². The van der Waals surface area contributed by atoms with Crippen molar-refractivity contribution in [1.82, 2.24) is 0 Å². The number of hydrogen-bond donors (Lipinski definition) is 4. The van der Waals surface area contributed by atoms with Gasteiger partial charge in [-0.2, -0.15) is 0 Å². The molecule has 18 heavy (non-hydrogen) atoms. The molecule has 1 heterocycles. The minimum atomic E-state index is -0.599. The van der Waals surface area contributed by atoms with Gasteiger partial charge in [0.05, 0.1) is 19.0 Å². The normalized spacial score (nSPS) is 43.7. The second-order valence-corrected chi connectivity index (χ2v) is 6.34. The Morgan fingerprint density at radius 2 is 2.00 bits per heavy atom. The lowest BCUT2D eigenvalue weighted by Crippen LogP contribution is -3.20. The highest BCUT2D eigenvalue weighted by molar-refractivity contribution is 4.74. The Labute approximate surface area is 109 Å². The highest BCUT2D eigenvalue weighted by atomic mass is 16.8. The van der Waals surface area contributed by atoms with Crippen molar-refractivity contribution in [2.45, 2.75) is 57.7 Å². The Morgan fingerprint density at radius 1 is 1.28 bits per heavy atom. The van der Waals surface area contributed by atoms with Crippen LogP contribution in [-0.2, 0) is 0 Å². The maximum absolute atomic E-state index is 11.3. The fourth-order valence-electron chi connectivity index (χ4n) is 3.72. The Balaban J connectivity index is 1.93. The lowest BCUT2D eigenvalue weighted by atomic mass is 9.83. The maximum atomic E-state index is 11.3. The van der Waals surface area contributed by atoms with Gasteiger partial charge in [0, 0.05) is 18.8 Å². The van der Waals surface area contributed by atoms with Crippen molar-refractivity contribution in [3.63, 3.8) is 0 Å². The number of quaternary nitrogens is 2. The van der Waals surface area contributed by atoms with Gasteiger partial charge in [-0.15, -0.1) is 0 Å². The molecule has 6 atom stereocenters. The molecule has 1 saturated carbocycles. The van der Waals surface area contributed by atoms with Crippen LogP contribution in [0.25, 0.3) is 0 Å². The second-order valence-electron chi connectivity index (χ2n) is 6.34. The minimum absolute atomic E-state index is 0.129. The van der Waals surface area contributed by atoms with E-state index in [0.29, 0.717) is 5.92 Å². The Bertz CT molecular complexity index is 263. The molecule has 0 spiro atoms. The van der Waals surface area contributed by atoms with Crippen LogP contribution in [0.1, 0.15) is 45.4 Å². The van der Waals surface area contributed by atoms with E-state index in [1.807, 2.05) is 0 Å². The van der Waals surface area contributed by atoms with Crippen LogP contribution in [-0.4, -0.2) is 30.5 Å². The third-order valence-electron chi connectivity index (χ3n) is 4.86. The summed E-state index contributed by atoms with van der Waals surface area (Å²) in [4.78, 5) is 1.44. The van der Waals surface area contributed by atoms with E-state index < -0.39 is 5.23 Å². The molecule has 5 nitrogen and oxygen atoms in total. The predicted molar refractivity (Wildman–Crippen MR) is 68.9 cm³/mol. The van der Waals surface area contributed by atoms with Gasteiger partial charge in [-0.1, -0.05) is 13.3 Å². The molecule has 0 aromatic rings. The zero-order chi connectivity index (χ0) is 13.1. The summed E-state index contributed by atoms with van der Waals surface area (Å²) in [5.41, 5.74) is 6.20. The molecule has 2 rings (SSSR count). The van der Waals surface area contributed by atoms with Gasteiger partial charge >= 0.3 is 0 Å². The van der Waals surface area contributed by atoms with E-state index in [9.17, 15) is 10.4 Å². The molecule has 106 valence electrons. The summed E-state index contributed by atoms with van der Waals surface area (Å²) >= 11 is 0. The molecule has 1 aliphatic carbocycles. The molecule has 2 fully saturated rings. The smallest absolute Gasteiger partial charge is 0.138 e. The molecule has 0 bridgehead atoms. The van der Waals surface area contributed by atoms with Crippen LogP contribution in [0, 0.1) is 17.0 Å². The summed E-state index contributed by atoms with van der Waals surface area (Å²) in [6, 6.07) is -0.129. The summed E-state index contributed by atoms with van der Waals surface area (Å²) < 4.78 is 0. The molecular formula is C13H28N3O2+. The van der Waals surface area contributed by atoms with Gasteiger partial charge in [0.15, 0.2) is 0 Å². The number of piperidine rings is 1. The van der Waals surface area contributed by atoms with Crippen LogP contribution in [0.15, 0.2) is 0 Å². The lowest BCUT2D eigenvalue weighted by Gasteiger charge is -2.39. The molecule has 5 N–H and O–H groups in total. The number of likely N-dealkylation sites (tertiary alicyclic amines) is 1. The quantitative estimate of drug-likeness (QED) is 0.486. The summed E-state index contributed by atoms with van der Waals surface area (Å²) in [6.07, 6.45) is 6.72. The van der Waals surface area contributed by atoms with Crippen molar-refractivity contribution in [3.8, 4) is 0 Å². The van der Waals surface area contributed by atoms with E-state index in [2.05, 4.69) is 6.92 Å². The van der Waals surface area contributed by atoms with Crippen molar-refractivity contribution >= 4 is 0 Å². The SMILES string of the molecule is CC1CCC(N)[NH+](CC2CCCCC2[NH+]([O-])O)C1. The van der Waals surface area contributed by atoms with Crippen molar-refractivity contribution in [2.75, 3.05) is 13.1 Å². The van der Waals surface area contributed by atoms with Crippen LogP contribution in [0.4, 0.5) is 0 Å². The average Bonchev–Trinajstić information content (AvgIpc) is 2.34. The molecule has 0 radical (unpaired) electrons. The molecule has 0 aromatic heterocycles. The minimum Gasteiger partial charge on any atom is -0.600 e. The average molecular weight is 258 g/mol. The first-order valence-electron chi connectivity index (χ1n) is 7.41. The molecule has 1 aliphatic heterocycles. The Hall–Kier alpha value is -0.200. The van der Waals surface area contributed by atoms with Crippen LogP contribution in [0.5, 0.6) is 0 Å². The third-order valence-corrected chi connectivity index (χ3v) is 4.86. The van der Waals surface area contributed by atoms with Crippen LogP contribution >= 0.6 is 0 Å². The van der Waals surface area contributed by atoms with Gasteiger partial charge < -0.3 is 10.1 Å². The zero-order valence-electron chi connectivity index (χ0n) is 11.4. The van der Waals surface area contributed by atoms with E-state index in [0.717, 1.165) is 44.7 Å². The number of hydroxylamine groups is 2. The topological polar surface area (TPSA) is 78.2 Å². The summed E-state index contributed by atoms with van der Waals surface area (Å²) in [6.45, 7) is 4.36. The number of nitrogens with one attached hydrogen (secondary N) is 2. The van der Waals surface area contributed by atoms with E-state index >= 15 is 0 Å². The fourth-order valence-corrected chi connectivity index (χ4v) is 3.72. The monoisotopic (exact) mass is 258 g/mol. The fraction of sp³-hybridized carbons (Fsp3) is 1.00. The van der Waals surface area contributed by atoms with E-state index in [4.69, 9.17) is 5.73 Å². The highest BCUT2D eigenvalue weighted by Gasteiger charge is 2.36. The number of nitrogens with two attached hydrogens (primary N) is 1. The largest absolute Gasteiger partial charge is 0.600 e. The number of hydrogen-bond acceptors (Lipinski definition) is 3. The van der Waals surface area contributed by atoms with Gasteiger partial charge in [-0.3, -0.25) is 5.73 Å². The standard InChI is InChI=1S/C13H27N3O2/c1-10-6-7-13(14)15(8-10)9-11-4-2-3-5-12(11)16(17)18/h10-13,16-17H,2-9,14H2,1H3/p+1. The summed E-state index contributed by atoms with van der Waals surface area (Å²) in [5, 5.41) is 20.0. The third kappa shape index (κ3) is 3.42. The van der Waals surface area contributed by atoms with E-state index in [-0.39, 0.29) is 12.2 Å². The van der Waals surface area contributed by atoms with Crippen LogP contribution < -0.4 is 15.9 Å². The first-order chi connectivity index (χ1) is 8.58. The molecule has 1 saturated heterocycles. The molecule has 5 heteroatoms. The number of rotatable bonds is 3. The Kier molecular flexibility index (Phi) is 4.98. The first kappa shape index (κ1) is 14.2. The molecule has 0 aromatic carbocycles. The van der Waals surface area contributed by atoms with Crippen molar-refractivity contribution in [3.05, 3.63) is 5.21 Å².